The molecule has 1 atom stereocenters. The Labute approximate surface area is 213 Å². The fraction of sp³-hybridized carbons (Fsp3) is 0.0800. The van der Waals surface area contributed by atoms with E-state index in [0.29, 0.717) is 17.3 Å². The molecule has 0 N–H and O–H groups in total. The van der Waals surface area contributed by atoms with E-state index in [-0.39, 0.29) is 16.9 Å². The molecule has 0 radical (unpaired) electrons. The number of aromatic nitrogens is 2. The topological polar surface area (TPSA) is 88.9 Å². The maximum absolute atomic E-state index is 11.1. The van der Waals surface area contributed by atoms with E-state index in [9.17, 15) is 10.1 Å². The molecule has 2 aliphatic rings. The van der Waals surface area contributed by atoms with E-state index >= 15 is 0 Å². The monoisotopic (exact) mass is 546 g/mol. The number of non-ortho nitro benzene ring substituents is 1. The first-order chi connectivity index (χ1) is 16.9. The van der Waals surface area contributed by atoms with Gasteiger partial charge in [0.1, 0.15) is 0 Å². The standard InChI is InChI=1S/C25H16BrClN6O2/c1-14-21-22(15-5-4-6-16(26)13-15)31-20-8-3-2-7-19(20)28-23(27)25(31)29-24(21)32(30-14)17-9-11-18(12-10-17)33(34)35/h2-13,22H,1H3/t22-/m0/s1. The molecule has 8 nitrogen and oxygen atoms in total. The SMILES string of the molecule is Cc1nn(-c2ccc([N+](=O)[O-])cc2)c2c1[C@H](c1cccc(Br)c1)N1C(=N2)C(Cl)=Nc2ccccc21. The first-order valence-electron chi connectivity index (χ1n) is 10.7. The van der Waals surface area contributed by atoms with Gasteiger partial charge in [0.15, 0.2) is 16.8 Å². The second-order valence-corrected chi connectivity index (χ2v) is 9.44. The third-order valence-electron chi connectivity index (χ3n) is 6.07. The summed E-state index contributed by atoms with van der Waals surface area (Å²) in [5.41, 5.74) is 5.08. The number of nitrogens with zero attached hydrogens (tertiary/aromatic N) is 6. The predicted octanol–water partition coefficient (Wildman–Crippen LogP) is 6.77. The molecule has 3 heterocycles. The fourth-order valence-corrected chi connectivity index (χ4v) is 5.21. The third-order valence-corrected chi connectivity index (χ3v) is 6.81. The van der Waals surface area contributed by atoms with Crippen LogP contribution in [0.25, 0.3) is 5.69 Å². The lowest BCUT2D eigenvalue weighted by Crippen LogP contribution is -2.42. The Morgan fingerprint density at radius 3 is 2.54 bits per heavy atom. The van der Waals surface area contributed by atoms with Gasteiger partial charge in [0, 0.05) is 22.2 Å². The van der Waals surface area contributed by atoms with Crippen molar-refractivity contribution in [2.24, 2.45) is 9.98 Å². The Morgan fingerprint density at radius 2 is 1.80 bits per heavy atom. The molecule has 0 aliphatic carbocycles. The molecule has 0 saturated heterocycles. The second-order valence-electron chi connectivity index (χ2n) is 8.16. The van der Waals surface area contributed by atoms with E-state index < -0.39 is 4.92 Å². The minimum Gasteiger partial charge on any atom is -0.310 e. The number of halogens is 2. The number of anilines is 1. The number of aliphatic imine (C=N–C) groups is 2. The Kier molecular flexibility index (Phi) is 5.05. The van der Waals surface area contributed by atoms with Crippen molar-refractivity contribution in [2.45, 2.75) is 13.0 Å². The fourth-order valence-electron chi connectivity index (χ4n) is 4.57. The maximum Gasteiger partial charge on any atom is 0.269 e. The number of aryl methyl sites for hydroxylation is 1. The summed E-state index contributed by atoms with van der Waals surface area (Å²) < 4.78 is 2.65. The van der Waals surface area contributed by atoms with Gasteiger partial charge in [-0.15, -0.1) is 0 Å². The molecule has 0 spiro atoms. The first-order valence-corrected chi connectivity index (χ1v) is 11.9. The molecule has 0 bridgehead atoms. The molecule has 2 aliphatic heterocycles. The van der Waals surface area contributed by atoms with Crippen LogP contribution in [0.5, 0.6) is 0 Å². The molecule has 1 aromatic heterocycles. The van der Waals surface area contributed by atoms with E-state index in [1.165, 1.54) is 12.1 Å². The molecular formula is C25H16BrClN6O2. The van der Waals surface area contributed by atoms with Crippen LogP contribution in [-0.2, 0) is 0 Å². The second kappa shape index (κ2) is 8.14. The van der Waals surface area contributed by atoms with Crippen LogP contribution >= 0.6 is 27.5 Å². The molecule has 0 unspecified atom stereocenters. The summed E-state index contributed by atoms with van der Waals surface area (Å²) >= 11 is 10.3. The number of amidine groups is 1. The van der Waals surface area contributed by atoms with Crippen molar-refractivity contribution in [1.82, 2.24) is 9.78 Å². The smallest absolute Gasteiger partial charge is 0.269 e. The number of benzene rings is 3. The summed E-state index contributed by atoms with van der Waals surface area (Å²) in [6.45, 7) is 1.94. The number of fused-ring (bicyclic) bond motifs is 4. The number of hydrogen-bond acceptors (Lipinski definition) is 6. The molecule has 0 saturated carbocycles. The maximum atomic E-state index is 11.1. The van der Waals surface area contributed by atoms with Crippen LogP contribution < -0.4 is 4.90 Å². The lowest BCUT2D eigenvalue weighted by atomic mass is 9.94. The van der Waals surface area contributed by atoms with Crippen molar-refractivity contribution in [1.29, 1.82) is 0 Å². The van der Waals surface area contributed by atoms with Crippen LogP contribution in [0, 0.1) is 17.0 Å². The van der Waals surface area contributed by atoms with Gasteiger partial charge in [0.2, 0.25) is 0 Å². The van der Waals surface area contributed by atoms with Gasteiger partial charge >= 0.3 is 0 Å². The van der Waals surface area contributed by atoms with Crippen LogP contribution in [0.2, 0.25) is 0 Å². The zero-order chi connectivity index (χ0) is 24.3. The van der Waals surface area contributed by atoms with Crippen molar-refractivity contribution < 1.29 is 4.92 Å². The Bertz CT molecular complexity index is 1580. The zero-order valence-electron chi connectivity index (χ0n) is 18.3. The highest BCUT2D eigenvalue weighted by molar-refractivity contribution is 9.10. The van der Waals surface area contributed by atoms with E-state index in [4.69, 9.17) is 21.7 Å². The molecule has 0 amide bonds. The van der Waals surface area contributed by atoms with E-state index in [0.717, 1.165) is 32.7 Å². The van der Waals surface area contributed by atoms with E-state index in [1.807, 2.05) is 43.3 Å². The summed E-state index contributed by atoms with van der Waals surface area (Å²) in [7, 11) is 0. The number of para-hydroxylation sites is 2. The van der Waals surface area contributed by atoms with Crippen molar-refractivity contribution in [3.8, 4) is 5.69 Å². The minimum absolute atomic E-state index is 0.00932. The highest BCUT2D eigenvalue weighted by Crippen LogP contribution is 2.48. The van der Waals surface area contributed by atoms with Gasteiger partial charge in [0.05, 0.1) is 33.7 Å². The number of nitro groups is 1. The molecule has 0 fully saturated rings. The van der Waals surface area contributed by atoms with Gasteiger partial charge in [-0.1, -0.05) is 51.8 Å². The highest BCUT2D eigenvalue weighted by atomic mass is 79.9. The van der Waals surface area contributed by atoms with Crippen molar-refractivity contribution >= 4 is 61.4 Å². The normalized spacial score (nSPS) is 16.1. The zero-order valence-corrected chi connectivity index (χ0v) is 20.6. The molecule has 6 rings (SSSR count). The van der Waals surface area contributed by atoms with Gasteiger partial charge in [0.25, 0.3) is 5.69 Å². The Balaban J connectivity index is 1.62. The highest BCUT2D eigenvalue weighted by Gasteiger charge is 2.41. The Morgan fingerprint density at radius 1 is 1.03 bits per heavy atom. The van der Waals surface area contributed by atoms with E-state index in [2.05, 4.69) is 38.0 Å². The molecule has 10 heteroatoms. The van der Waals surface area contributed by atoms with Gasteiger partial charge in [-0.25, -0.2) is 14.7 Å². The average molecular weight is 548 g/mol. The lowest BCUT2D eigenvalue weighted by molar-refractivity contribution is -0.384. The van der Waals surface area contributed by atoms with Gasteiger partial charge in [-0.3, -0.25) is 10.1 Å². The summed E-state index contributed by atoms with van der Waals surface area (Å²) in [4.78, 5) is 22.3. The molecule has 35 heavy (non-hydrogen) atoms. The quantitative estimate of drug-likeness (QED) is 0.209. The van der Waals surface area contributed by atoms with Gasteiger partial charge < -0.3 is 4.90 Å². The lowest BCUT2D eigenvalue weighted by Gasteiger charge is -2.39. The summed E-state index contributed by atoms with van der Waals surface area (Å²) in [6, 6.07) is 21.9. The minimum atomic E-state index is -0.426. The first kappa shape index (κ1) is 21.7. The molecule has 3 aromatic carbocycles. The molecule has 172 valence electrons. The molecule has 4 aromatic rings. The third kappa shape index (κ3) is 3.46. The summed E-state index contributed by atoms with van der Waals surface area (Å²) in [5, 5.41) is 16.2. The van der Waals surface area contributed by atoms with Crippen LogP contribution in [0.4, 0.5) is 22.9 Å². The average Bonchev–Trinajstić information content (AvgIpc) is 3.19. The van der Waals surface area contributed by atoms with Crippen LogP contribution in [0.3, 0.4) is 0 Å². The van der Waals surface area contributed by atoms with Crippen LogP contribution in [0.1, 0.15) is 22.9 Å². The molecular weight excluding hydrogens is 532 g/mol. The number of nitro benzene ring substituents is 1. The predicted molar refractivity (Wildman–Crippen MR) is 140 cm³/mol. The van der Waals surface area contributed by atoms with Crippen LogP contribution in [0.15, 0.2) is 87.3 Å². The van der Waals surface area contributed by atoms with Gasteiger partial charge in [-0.05, 0) is 48.9 Å². The number of rotatable bonds is 3. The largest absolute Gasteiger partial charge is 0.310 e. The van der Waals surface area contributed by atoms with Crippen LogP contribution in [-0.4, -0.2) is 25.7 Å². The number of hydrogen-bond donors (Lipinski definition) is 0. The summed E-state index contributed by atoms with van der Waals surface area (Å²) in [5.74, 6) is 1.13. The van der Waals surface area contributed by atoms with Gasteiger partial charge in [-0.2, -0.15) is 5.10 Å². The van der Waals surface area contributed by atoms with Crippen molar-refractivity contribution in [3.63, 3.8) is 0 Å². The summed E-state index contributed by atoms with van der Waals surface area (Å²) in [6.07, 6.45) is 0. The van der Waals surface area contributed by atoms with Crippen molar-refractivity contribution in [3.05, 3.63) is 104 Å². The van der Waals surface area contributed by atoms with E-state index in [1.54, 1.807) is 16.8 Å². The Hall–Kier alpha value is -3.82. The van der Waals surface area contributed by atoms with Crippen molar-refractivity contribution in [2.75, 3.05) is 4.90 Å².